The molecule has 0 unspecified atom stereocenters. The molecule has 0 aliphatic carbocycles. The van der Waals surface area contributed by atoms with Crippen molar-refractivity contribution in [3.63, 3.8) is 0 Å². The summed E-state index contributed by atoms with van der Waals surface area (Å²) in [6.45, 7) is 2.33. The smallest absolute Gasteiger partial charge is 0.276 e. The highest BCUT2D eigenvalue weighted by molar-refractivity contribution is 7.89. The van der Waals surface area contributed by atoms with Crippen molar-refractivity contribution >= 4 is 22.2 Å². The molecule has 0 atom stereocenters. The summed E-state index contributed by atoms with van der Waals surface area (Å²) in [6, 6.07) is 11.6. The minimum Gasteiger partial charge on any atom is -0.545 e. The Labute approximate surface area is 139 Å². The molecule has 0 spiro atoms. The first-order valence-electron chi connectivity index (χ1n) is 7.01. The van der Waals surface area contributed by atoms with Gasteiger partial charge in [-0.15, -0.1) is 0 Å². The molecule has 2 aromatic rings. The molecule has 126 valence electrons. The van der Waals surface area contributed by atoms with Crippen molar-refractivity contribution in [1.82, 2.24) is 4.83 Å². The maximum Gasteiger partial charge on any atom is 0.276 e. The summed E-state index contributed by atoms with van der Waals surface area (Å²) in [5, 5.41) is 14.3. The van der Waals surface area contributed by atoms with Crippen LogP contribution in [0.4, 0.5) is 0 Å². The Morgan fingerprint density at radius 2 is 1.79 bits per heavy atom. The van der Waals surface area contributed by atoms with E-state index in [-0.39, 0.29) is 10.5 Å². The molecule has 7 nitrogen and oxygen atoms in total. The van der Waals surface area contributed by atoms with Gasteiger partial charge in [0.1, 0.15) is 5.75 Å². The molecule has 0 aliphatic rings. The molecule has 0 saturated heterocycles. The van der Waals surface area contributed by atoms with Crippen molar-refractivity contribution in [3.05, 3.63) is 59.7 Å². The Hall–Kier alpha value is -2.87. The summed E-state index contributed by atoms with van der Waals surface area (Å²) in [5.41, 5.74) is 0.566. The van der Waals surface area contributed by atoms with Gasteiger partial charge in [0.15, 0.2) is 0 Å². The van der Waals surface area contributed by atoms with E-state index in [9.17, 15) is 18.3 Å². The van der Waals surface area contributed by atoms with Crippen molar-refractivity contribution in [2.75, 3.05) is 6.61 Å². The van der Waals surface area contributed by atoms with Crippen LogP contribution in [0.2, 0.25) is 0 Å². The maximum absolute atomic E-state index is 12.1. The van der Waals surface area contributed by atoms with Gasteiger partial charge in [-0.1, -0.05) is 24.3 Å². The van der Waals surface area contributed by atoms with E-state index in [0.717, 1.165) is 0 Å². The lowest BCUT2D eigenvalue weighted by atomic mass is 10.1. The van der Waals surface area contributed by atoms with Gasteiger partial charge >= 0.3 is 0 Å². The normalized spacial score (nSPS) is 11.4. The third-order valence-electron chi connectivity index (χ3n) is 2.98. The number of aromatic carboxylic acids is 1. The van der Waals surface area contributed by atoms with Gasteiger partial charge in [0.2, 0.25) is 0 Å². The molecule has 0 radical (unpaired) electrons. The van der Waals surface area contributed by atoms with Crippen LogP contribution in [0.25, 0.3) is 0 Å². The molecule has 0 saturated carbocycles. The highest BCUT2D eigenvalue weighted by Gasteiger charge is 2.12. The highest BCUT2D eigenvalue weighted by Crippen LogP contribution is 2.15. The predicted molar refractivity (Wildman–Crippen MR) is 86.3 cm³/mol. The van der Waals surface area contributed by atoms with E-state index in [1.54, 1.807) is 12.1 Å². The van der Waals surface area contributed by atoms with Gasteiger partial charge in [0.25, 0.3) is 10.0 Å². The Kier molecular flexibility index (Phi) is 5.54. The number of carbonyl (C=O) groups excluding carboxylic acids is 1. The topological polar surface area (TPSA) is 108 Å². The van der Waals surface area contributed by atoms with E-state index in [1.807, 2.05) is 6.92 Å². The molecule has 0 fully saturated rings. The number of hydrogen-bond donors (Lipinski definition) is 1. The summed E-state index contributed by atoms with van der Waals surface area (Å²) in [7, 11) is -3.79. The molecular formula is C16H15N2O5S-. The molecule has 8 heteroatoms. The number of hydrazone groups is 1. The number of nitrogens with zero attached hydrogens (tertiary/aromatic N) is 1. The lowest BCUT2D eigenvalue weighted by Gasteiger charge is -2.06. The van der Waals surface area contributed by atoms with Crippen LogP contribution in [0, 0.1) is 0 Å². The zero-order valence-corrected chi connectivity index (χ0v) is 13.6. The van der Waals surface area contributed by atoms with Crippen LogP contribution in [0.3, 0.4) is 0 Å². The van der Waals surface area contributed by atoms with Crippen LogP contribution in [0.1, 0.15) is 22.8 Å². The quantitative estimate of drug-likeness (QED) is 0.588. The van der Waals surface area contributed by atoms with E-state index in [1.165, 1.54) is 42.6 Å². The SMILES string of the molecule is CCOc1ccc(S(=O)(=O)N/N=C\c2ccc(C(=O)[O-])cc2)cc1. The van der Waals surface area contributed by atoms with Crippen molar-refractivity contribution in [2.24, 2.45) is 5.10 Å². The molecule has 0 aliphatic heterocycles. The number of sulfonamides is 1. The van der Waals surface area contributed by atoms with Crippen LogP contribution < -0.4 is 14.7 Å². The third kappa shape index (κ3) is 4.56. The minimum atomic E-state index is -3.79. The largest absolute Gasteiger partial charge is 0.545 e. The van der Waals surface area contributed by atoms with Gasteiger partial charge in [-0.25, -0.2) is 4.83 Å². The number of ether oxygens (including phenoxy) is 1. The first kappa shape index (κ1) is 17.5. The Balaban J connectivity index is 2.04. The fourth-order valence-electron chi connectivity index (χ4n) is 1.81. The second kappa shape index (κ2) is 7.60. The van der Waals surface area contributed by atoms with Crippen molar-refractivity contribution in [3.8, 4) is 5.75 Å². The lowest BCUT2D eigenvalue weighted by Crippen LogP contribution is -2.22. The van der Waals surface area contributed by atoms with Gasteiger partial charge in [-0.05, 0) is 42.3 Å². The van der Waals surface area contributed by atoms with Gasteiger partial charge in [-0.3, -0.25) is 0 Å². The number of rotatable bonds is 7. The summed E-state index contributed by atoms with van der Waals surface area (Å²) in [4.78, 5) is 12.8. The zero-order chi connectivity index (χ0) is 17.6. The first-order chi connectivity index (χ1) is 11.4. The monoisotopic (exact) mass is 347 g/mol. The number of carbonyl (C=O) groups is 1. The highest BCUT2D eigenvalue weighted by atomic mass is 32.2. The van der Waals surface area contributed by atoms with Gasteiger partial charge in [0, 0.05) is 0 Å². The Bertz CT molecular complexity index is 828. The number of benzene rings is 2. The fraction of sp³-hybridized carbons (Fsp3) is 0.125. The maximum atomic E-state index is 12.1. The fourth-order valence-corrected chi connectivity index (χ4v) is 2.60. The van der Waals surface area contributed by atoms with Crippen molar-refractivity contribution in [2.45, 2.75) is 11.8 Å². The average molecular weight is 347 g/mol. The van der Waals surface area contributed by atoms with Gasteiger partial charge < -0.3 is 14.6 Å². The van der Waals surface area contributed by atoms with E-state index in [0.29, 0.717) is 17.9 Å². The summed E-state index contributed by atoms with van der Waals surface area (Å²) >= 11 is 0. The predicted octanol–water partition coefficient (Wildman–Crippen LogP) is 0.761. The molecule has 1 N–H and O–H groups in total. The van der Waals surface area contributed by atoms with E-state index >= 15 is 0 Å². The molecule has 2 rings (SSSR count). The van der Waals surface area contributed by atoms with Crippen molar-refractivity contribution < 1.29 is 23.1 Å². The van der Waals surface area contributed by atoms with Crippen molar-refractivity contribution in [1.29, 1.82) is 0 Å². The van der Waals surface area contributed by atoms with Crippen LogP contribution in [0.15, 0.2) is 58.5 Å². The molecule has 24 heavy (non-hydrogen) atoms. The molecule has 0 amide bonds. The van der Waals surface area contributed by atoms with Crippen LogP contribution in [-0.2, 0) is 10.0 Å². The van der Waals surface area contributed by atoms with Gasteiger partial charge in [0.05, 0.1) is 23.7 Å². The molecule has 0 bridgehead atoms. The molecule has 0 aromatic heterocycles. The number of carboxylic acids is 1. The molecular weight excluding hydrogens is 332 g/mol. The summed E-state index contributed by atoms with van der Waals surface area (Å²) in [5.74, 6) is -0.706. The Morgan fingerprint density at radius 3 is 2.33 bits per heavy atom. The third-order valence-corrected chi connectivity index (χ3v) is 4.22. The number of nitrogens with one attached hydrogen (secondary N) is 1. The van der Waals surface area contributed by atoms with Crippen LogP contribution in [-0.4, -0.2) is 27.2 Å². The van der Waals surface area contributed by atoms with E-state index in [2.05, 4.69) is 9.93 Å². The summed E-state index contributed by atoms with van der Waals surface area (Å²) in [6.07, 6.45) is 1.27. The standard InChI is InChI=1S/C16H16N2O5S/c1-2-23-14-7-9-15(10-8-14)24(21,22)18-17-11-12-3-5-13(6-4-12)16(19)20/h3-11,18H,2H2,1H3,(H,19,20)/p-1/b17-11-. The summed E-state index contributed by atoms with van der Waals surface area (Å²) < 4.78 is 29.4. The van der Waals surface area contributed by atoms with E-state index in [4.69, 9.17) is 4.74 Å². The van der Waals surface area contributed by atoms with Gasteiger partial charge in [-0.2, -0.15) is 13.5 Å². The second-order valence-electron chi connectivity index (χ2n) is 4.67. The second-order valence-corrected chi connectivity index (χ2v) is 6.33. The first-order valence-corrected chi connectivity index (χ1v) is 8.50. The molecule has 2 aromatic carbocycles. The van der Waals surface area contributed by atoms with E-state index < -0.39 is 16.0 Å². The van der Waals surface area contributed by atoms with Crippen LogP contribution >= 0.6 is 0 Å². The number of carboxylic acid groups (broad SMARTS) is 1. The molecule has 0 heterocycles. The average Bonchev–Trinajstić information content (AvgIpc) is 2.56. The number of hydrogen-bond acceptors (Lipinski definition) is 6. The van der Waals surface area contributed by atoms with Crippen LogP contribution in [0.5, 0.6) is 5.75 Å². The zero-order valence-electron chi connectivity index (χ0n) is 12.8. The minimum absolute atomic E-state index is 0.0297. The Morgan fingerprint density at radius 1 is 1.17 bits per heavy atom. The lowest BCUT2D eigenvalue weighted by molar-refractivity contribution is -0.255.